The molecule has 0 spiro atoms. The molecule has 0 radical (unpaired) electrons. The number of H-pyrrole nitrogens is 1. The summed E-state index contributed by atoms with van der Waals surface area (Å²) in [5.41, 5.74) is 3.91. The summed E-state index contributed by atoms with van der Waals surface area (Å²) in [4.78, 5) is 13.0. The zero-order valence-corrected chi connectivity index (χ0v) is 7.92. The number of fused-ring (bicyclic) bond motifs is 3. The van der Waals surface area contributed by atoms with Crippen LogP contribution in [-0.2, 0) is 0 Å². The minimum absolute atomic E-state index is 0.979. The van der Waals surface area contributed by atoms with E-state index in [1.807, 2.05) is 12.4 Å². The second-order valence-corrected chi connectivity index (χ2v) is 4.62. The van der Waals surface area contributed by atoms with Gasteiger partial charge in [0.1, 0.15) is 15.0 Å². The van der Waals surface area contributed by atoms with E-state index in [4.69, 9.17) is 0 Å². The lowest BCUT2D eigenvalue weighted by atomic mass is 10.6. The summed E-state index contributed by atoms with van der Waals surface area (Å²) in [6.45, 7) is 2.01. The topological polar surface area (TPSA) is 41.6 Å². The molecule has 0 saturated heterocycles. The first-order valence-corrected chi connectivity index (χ1v) is 5.22. The van der Waals surface area contributed by atoms with Gasteiger partial charge in [-0.15, -0.1) is 22.7 Å². The van der Waals surface area contributed by atoms with Gasteiger partial charge in [-0.05, 0) is 6.92 Å². The van der Waals surface area contributed by atoms with E-state index in [1.165, 1.54) is 4.70 Å². The first-order valence-electron chi connectivity index (χ1n) is 3.53. The Kier molecular flexibility index (Phi) is 1.12. The molecule has 0 aromatic carbocycles. The van der Waals surface area contributed by atoms with Gasteiger partial charge < -0.3 is 4.98 Å². The van der Waals surface area contributed by atoms with Gasteiger partial charge >= 0.3 is 0 Å². The number of thiazole rings is 2. The summed E-state index contributed by atoms with van der Waals surface area (Å²) in [7, 11) is 0. The molecule has 0 unspecified atom stereocenters. The average molecular weight is 195 g/mol. The van der Waals surface area contributed by atoms with E-state index in [0.29, 0.717) is 0 Å². The lowest BCUT2D eigenvalue weighted by Gasteiger charge is -1.74. The highest BCUT2D eigenvalue weighted by atomic mass is 32.1. The van der Waals surface area contributed by atoms with Crippen molar-refractivity contribution in [2.75, 3.05) is 0 Å². The fourth-order valence-corrected chi connectivity index (χ4v) is 2.90. The van der Waals surface area contributed by atoms with Crippen LogP contribution in [0.3, 0.4) is 0 Å². The van der Waals surface area contributed by atoms with Crippen LogP contribution in [0.1, 0.15) is 5.01 Å². The van der Waals surface area contributed by atoms with Crippen LogP contribution in [0.15, 0.2) is 5.51 Å². The Morgan fingerprint density at radius 3 is 3.33 bits per heavy atom. The molecule has 0 atom stereocenters. The van der Waals surface area contributed by atoms with E-state index >= 15 is 0 Å². The highest BCUT2D eigenvalue weighted by Crippen LogP contribution is 2.30. The molecule has 0 bridgehead atoms. The van der Waals surface area contributed by atoms with Crippen LogP contribution in [-0.4, -0.2) is 15.0 Å². The minimum atomic E-state index is 0.979. The van der Waals surface area contributed by atoms with E-state index in [1.54, 1.807) is 22.7 Å². The highest BCUT2D eigenvalue weighted by Gasteiger charge is 2.09. The second-order valence-electron chi connectivity index (χ2n) is 2.57. The van der Waals surface area contributed by atoms with Gasteiger partial charge in [-0.25, -0.2) is 9.97 Å². The fourth-order valence-electron chi connectivity index (χ4n) is 1.28. The van der Waals surface area contributed by atoms with E-state index in [2.05, 4.69) is 15.0 Å². The Labute approximate surface area is 76.1 Å². The number of nitrogens with one attached hydrogen (secondary N) is 1. The number of nitrogens with zero attached hydrogens (tertiary/aromatic N) is 2. The third-order valence-corrected chi connectivity index (χ3v) is 3.47. The van der Waals surface area contributed by atoms with Gasteiger partial charge in [0.15, 0.2) is 5.65 Å². The number of hydrogen-bond donors (Lipinski definition) is 1. The molecule has 1 N–H and O–H groups in total. The molecule has 0 fully saturated rings. The van der Waals surface area contributed by atoms with Crippen LogP contribution in [0.5, 0.6) is 0 Å². The molecule has 3 heterocycles. The molecule has 0 saturated carbocycles. The third kappa shape index (κ3) is 0.697. The Balaban J connectivity index is 2.64. The maximum atomic E-state index is 4.35. The second kappa shape index (κ2) is 2.05. The van der Waals surface area contributed by atoms with Crippen LogP contribution >= 0.6 is 22.7 Å². The number of hydrogen-bond acceptors (Lipinski definition) is 4. The molecule has 60 valence electrons. The van der Waals surface area contributed by atoms with Gasteiger partial charge in [-0.2, -0.15) is 0 Å². The number of rotatable bonds is 0. The Hall–Kier alpha value is -0.940. The first-order chi connectivity index (χ1) is 5.84. The first kappa shape index (κ1) is 6.56. The number of aromatic amines is 1. The van der Waals surface area contributed by atoms with Crippen molar-refractivity contribution >= 4 is 43.4 Å². The van der Waals surface area contributed by atoms with Crippen LogP contribution in [0.2, 0.25) is 0 Å². The quantitative estimate of drug-likeness (QED) is 0.599. The van der Waals surface area contributed by atoms with Crippen molar-refractivity contribution in [3.05, 3.63) is 10.5 Å². The van der Waals surface area contributed by atoms with Crippen molar-refractivity contribution in [2.45, 2.75) is 6.92 Å². The van der Waals surface area contributed by atoms with Gasteiger partial charge in [0, 0.05) is 0 Å². The molecule has 0 aliphatic rings. The standard InChI is InChI=1S/C7H5N3S2/c1-3-9-6-5(12-3)4-7(10-6)11-2-8-4/h2,10H,1H3. The monoisotopic (exact) mass is 195 g/mol. The highest BCUT2D eigenvalue weighted by molar-refractivity contribution is 7.21. The Morgan fingerprint density at radius 1 is 1.50 bits per heavy atom. The molecule has 3 aromatic rings. The lowest BCUT2D eigenvalue weighted by molar-refractivity contribution is 1.31. The molecule has 0 amide bonds. The summed E-state index contributed by atoms with van der Waals surface area (Å²) in [5.74, 6) is 0. The predicted molar refractivity (Wildman–Crippen MR) is 51.9 cm³/mol. The largest absolute Gasteiger partial charge is 0.329 e. The normalized spacial score (nSPS) is 11.8. The Morgan fingerprint density at radius 2 is 2.42 bits per heavy atom. The van der Waals surface area contributed by atoms with Crippen molar-refractivity contribution in [3.63, 3.8) is 0 Å². The average Bonchev–Trinajstić information content (AvgIpc) is 2.59. The van der Waals surface area contributed by atoms with E-state index < -0.39 is 0 Å². The predicted octanol–water partition coefficient (Wildman–Crippen LogP) is 2.54. The number of aryl methyl sites for hydroxylation is 1. The maximum Gasteiger partial charge on any atom is 0.152 e. The molecule has 0 aliphatic carbocycles. The zero-order chi connectivity index (χ0) is 8.13. The van der Waals surface area contributed by atoms with Crippen molar-refractivity contribution in [1.29, 1.82) is 0 Å². The van der Waals surface area contributed by atoms with Crippen LogP contribution in [0.25, 0.3) is 20.7 Å². The van der Waals surface area contributed by atoms with Gasteiger partial charge in [-0.1, -0.05) is 0 Å². The molecular weight excluding hydrogens is 190 g/mol. The Bertz CT molecular complexity index is 545. The van der Waals surface area contributed by atoms with Crippen LogP contribution < -0.4 is 0 Å². The molecule has 3 aromatic heterocycles. The summed E-state index contributed by atoms with van der Waals surface area (Å²) < 4.78 is 1.18. The van der Waals surface area contributed by atoms with Crippen molar-refractivity contribution < 1.29 is 0 Å². The van der Waals surface area contributed by atoms with Crippen LogP contribution in [0.4, 0.5) is 0 Å². The number of aromatic nitrogens is 3. The van der Waals surface area contributed by atoms with Gasteiger partial charge in [0.25, 0.3) is 0 Å². The molecule has 0 aliphatic heterocycles. The van der Waals surface area contributed by atoms with Crippen molar-refractivity contribution in [3.8, 4) is 0 Å². The molecule has 3 nitrogen and oxygen atoms in total. The zero-order valence-electron chi connectivity index (χ0n) is 6.29. The fraction of sp³-hybridized carbons (Fsp3) is 0.143. The molecule has 3 rings (SSSR count). The summed E-state index contributed by atoms with van der Waals surface area (Å²) in [6.07, 6.45) is 0. The summed E-state index contributed by atoms with van der Waals surface area (Å²) in [5, 5.41) is 1.09. The smallest absolute Gasteiger partial charge is 0.152 e. The van der Waals surface area contributed by atoms with Crippen molar-refractivity contribution in [1.82, 2.24) is 15.0 Å². The summed E-state index contributed by atoms with van der Waals surface area (Å²) >= 11 is 3.32. The van der Waals surface area contributed by atoms with Gasteiger partial charge in [0.2, 0.25) is 0 Å². The van der Waals surface area contributed by atoms with E-state index in [0.717, 1.165) is 21.0 Å². The maximum absolute atomic E-state index is 4.35. The third-order valence-electron chi connectivity index (χ3n) is 1.75. The molecular formula is C7H5N3S2. The van der Waals surface area contributed by atoms with Gasteiger partial charge in [-0.3, -0.25) is 0 Å². The minimum Gasteiger partial charge on any atom is -0.329 e. The summed E-state index contributed by atoms with van der Waals surface area (Å²) in [6, 6.07) is 0. The van der Waals surface area contributed by atoms with Crippen molar-refractivity contribution in [2.24, 2.45) is 0 Å². The SMILES string of the molecule is Cc1nc2[nH]c3scnc3c2s1. The van der Waals surface area contributed by atoms with E-state index in [-0.39, 0.29) is 0 Å². The molecule has 5 heteroatoms. The van der Waals surface area contributed by atoms with Crippen LogP contribution in [0, 0.1) is 6.92 Å². The van der Waals surface area contributed by atoms with E-state index in [9.17, 15) is 0 Å². The van der Waals surface area contributed by atoms with Gasteiger partial charge in [0.05, 0.1) is 10.5 Å². The molecule has 12 heavy (non-hydrogen) atoms. The lowest BCUT2D eigenvalue weighted by Crippen LogP contribution is -1.66.